The van der Waals surface area contributed by atoms with Crippen LogP contribution >= 0.6 is 0 Å². The van der Waals surface area contributed by atoms with Crippen molar-refractivity contribution in [1.82, 2.24) is 5.32 Å². The van der Waals surface area contributed by atoms with Crippen LogP contribution < -0.4 is 11.1 Å². The third-order valence-corrected chi connectivity index (χ3v) is 3.72. The summed E-state index contributed by atoms with van der Waals surface area (Å²) in [6, 6.07) is -0.671. The highest BCUT2D eigenvalue weighted by molar-refractivity contribution is 5.89. The molecule has 0 aromatic rings. The van der Waals surface area contributed by atoms with Crippen LogP contribution in [0.15, 0.2) is 0 Å². The average molecular weight is 242 g/mol. The van der Waals surface area contributed by atoms with Gasteiger partial charge < -0.3 is 16.2 Å². The molecule has 0 aliphatic heterocycles. The SMILES string of the molecule is CCC1CCC(NC(=O)C(C)N)(C(=O)O)CC1. The molecule has 1 fully saturated rings. The molecule has 1 aliphatic carbocycles. The predicted octanol–water partition coefficient (Wildman–Crippen LogP) is 0.873. The van der Waals surface area contributed by atoms with Crippen LogP contribution in [0, 0.1) is 5.92 Å². The number of carboxylic acid groups (broad SMARTS) is 1. The van der Waals surface area contributed by atoms with Crippen LogP contribution in [0.1, 0.15) is 46.0 Å². The Hall–Kier alpha value is -1.10. The van der Waals surface area contributed by atoms with E-state index in [2.05, 4.69) is 12.2 Å². The zero-order valence-corrected chi connectivity index (χ0v) is 10.5. The van der Waals surface area contributed by atoms with Crippen molar-refractivity contribution >= 4 is 11.9 Å². The third-order valence-electron chi connectivity index (χ3n) is 3.72. The van der Waals surface area contributed by atoms with Gasteiger partial charge in [0.05, 0.1) is 6.04 Å². The lowest BCUT2D eigenvalue weighted by Gasteiger charge is -2.37. The van der Waals surface area contributed by atoms with Gasteiger partial charge in [0.15, 0.2) is 0 Å². The van der Waals surface area contributed by atoms with Gasteiger partial charge in [0.1, 0.15) is 5.54 Å². The Kier molecular flexibility index (Phi) is 4.51. The minimum atomic E-state index is -1.10. The van der Waals surface area contributed by atoms with Crippen molar-refractivity contribution in [3.05, 3.63) is 0 Å². The molecule has 0 aromatic carbocycles. The first-order chi connectivity index (χ1) is 7.91. The number of amides is 1. The van der Waals surface area contributed by atoms with Crippen molar-refractivity contribution in [3.8, 4) is 0 Å². The molecule has 5 nitrogen and oxygen atoms in total. The quantitative estimate of drug-likeness (QED) is 0.682. The number of hydrogen-bond donors (Lipinski definition) is 3. The topological polar surface area (TPSA) is 92.4 Å². The molecule has 98 valence electrons. The van der Waals surface area contributed by atoms with Gasteiger partial charge in [-0.15, -0.1) is 0 Å². The van der Waals surface area contributed by atoms with Crippen LogP contribution in [0.5, 0.6) is 0 Å². The van der Waals surface area contributed by atoms with Gasteiger partial charge in [-0.3, -0.25) is 4.79 Å². The molecule has 0 aromatic heterocycles. The Labute approximate surface area is 102 Å². The second-order valence-electron chi connectivity index (χ2n) is 5.02. The summed E-state index contributed by atoms with van der Waals surface area (Å²) in [5, 5.41) is 11.9. The van der Waals surface area contributed by atoms with E-state index in [0.717, 1.165) is 19.3 Å². The lowest BCUT2D eigenvalue weighted by Crippen LogP contribution is -2.59. The van der Waals surface area contributed by atoms with Gasteiger partial charge in [0.25, 0.3) is 0 Å². The minimum absolute atomic E-state index is 0.387. The molecule has 0 bridgehead atoms. The lowest BCUT2D eigenvalue weighted by molar-refractivity contribution is -0.149. The monoisotopic (exact) mass is 242 g/mol. The highest BCUT2D eigenvalue weighted by atomic mass is 16.4. The number of carbonyl (C=O) groups is 2. The average Bonchev–Trinajstić information content (AvgIpc) is 2.29. The molecule has 1 amide bonds. The summed E-state index contributed by atoms with van der Waals surface area (Å²) in [6.45, 7) is 3.67. The fraction of sp³-hybridized carbons (Fsp3) is 0.833. The number of nitrogens with one attached hydrogen (secondary N) is 1. The van der Waals surface area contributed by atoms with E-state index in [9.17, 15) is 14.7 Å². The van der Waals surface area contributed by atoms with E-state index in [0.29, 0.717) is 18.8 Å². The molecule has 1 atom stereocenters. The largest absolute Gasteiger partial charge is 0.480 e. The van der Waals surface area contributed by atoms with Crippen molar-refractivity contribution in [2.24, 2.45) is 11.7 Å². The highest BCUT2D eigenvalue weighted by Gasteiger charge is 2.43. The van der Waals surface area contributed by atoms with Gasteiger partial charge in [0, 0.05) is 0 Å². The molecular weight excluding hydrogens is 220 g/mol. The van der Waals surface area contributed by atoms with Gasteiger partial charge in [-0.05, 0) is 38.5 Å². The Morgan fingerprint density at radius 2 is 2.00 bits per heavy atom. The molecule has 1 rings (SSSR count). The van der Waals surface area contributed by atoms with E-state index in [1.807, 2.05) is 0 Å². The first kappa shape index (κ1) is 14.0. The van der Waals surface area contributed by atoms with E-state index in [4.69, 9.17) is 5.73 Å². The van der Waals surface area contributed by atoms with Crippen LogP contribution in [0.3, 0.4) is 0 Å². The molecule has 1 unspecified atom stereocenters. The summed E-state index contributed by atoms with van der Waals surface area (Å²) < 4.78 is 0. The number of hydrogen-bond acceptors (Lipinski definition) is 3. The smallest absolute Gasteiger partial charge is 0.329 e. The first-order valence-electron chi connectivity index (χ1n) is 6.22. The van der Waals surface area contributed by atoms with Crippen LogP contribution in [0.25, 0.3) is 0 Å². The van der Waals surface area contributed by atoms with Crippen LogP contribution in [0.2, 0.25) is 0 Å². The van der Waals surface area contributed by atoms with E-state index < -0.39 is 17.6 Å². The fourth-order valence-corrected chi connectivity index (χ4v) is 2.32. The predicted molar refractivity (Wildman–Crippen MR) is 64.4 cm³/mol. The zero-order chi connectivity index (χ0) is 13.1. The van der Waals surface area contributed by atoms with Gasteiger partial charge in [-0.1, -0.05) is 13.3 Å². The number of carboxylic acids is 1. The van der Waals surface area contributed by atoms with Gasteiger partial charge in [0.2, 0.25) is 5.91 Å². The van der Waals surface area contributed by atoms with Crippen LogP contribution in [0.4, 0.5) is 0 Å². The number of aliphatic carboxylic acids is 1. The fourth-order valence-electron chi connectivity index (χ4n) is 2.32. The number of nitrogens with two attached hydrogens (primary N) is 1. The van der Waals surface area contributed by atoms with Crippen molar-refractivity contribution < 1.29 is 14.7 Å². The summed E-state index contributed by atoms with van der Waals surface area (Å²) >= 11 is 0. The maximum absolute atomic E-state index is 11.6. The summed E-state index contributed by atoms with van der Waals surface area (Å²) in [7, 11) is 0. The minimum Gasteiger partial charge on any atom is -0.480 e. The highest BCUT2D eigenvalue weighted by Crippen LogP contribution is 2.34. The van der Waals surface area contributed by atoms with E-state index in [-0.39, 0.29) is 5.91 Å². The normalized spacial score (nSPS) is 30.6. The molecule has 0 radical (unpaired) electrons. The Bertz CT molecular complexity index is 294. The molecule has 17 heavy (non-hydrogen) atoms. The summed E-state index contributed by atoms with van der Waals surface area (Å²) in [6.07, 6.45) is 3.76. The van der Waals surface area contributed by atoms with Crippen LogP contribution in [-0.2, 0) is 9.59 Å². The molecule has 0 saturated heterocycles. The van der Waals surface area contributed by atoms with Gasteiger partial charge >= 0.3 is 5.97 Å². The van der Waals surface area contributed by atoms with Gasteiger partial charge in [-0.2, -0.15) is 0 Å². The van der Waals surface area contributed by atoms with Crippen molar-refractivity contribution in [3.63, 3.8) is 0 Å². The second kappa shape index (κ2) is 5.49. The maximum atomic E-state index is 11.6. The molecule has 5 heteroatoms. The third kappa shape index (κ3) is 3.19. The van der Waals surface area contributed by atoms with Gasteiger partial charge in [-0.25, -0.2) is 4.79 Å². The summed E-state index contributed by atoms with van der Waals surface area (Å²) in [4.78, 5) is 22.9. The molecule has 0 heterocycles. The number of rotatable bonds is 4. The maximum Gasteiger partial charge on any atom is 0.329 e. The van der Waals surface area contributed by atoms with Crippen molar-refractivity contribution in [2.75, 3.05) is 0 Å². The Morgan fingerprint density at radius 1 is 1.47 bits per heavy atom. The standard InChI is InChI=1S/C12H22N2O3/c1-3-9-4-6-12(7-5-9,11(16)17)14-10(15)8(2)13/h8-9H,3-7,13H2,1-2H3,(H,14,15)(H,16,17). The van der Waals surface area contributed by atoms with E-state index >= 15 is 0 Å². The summed E-state index contributed by atoms with van der Waals surface area (Å²) in [5.41, 5.74) is 4.36. The first-order valence-corrected chi connectivity index (χ1v) is 6.22. The second-order valence-corrected chi connectivity index (χ2v) is 5.02. The zero-order valence-electron chi connectivity index (χ0n) is 10.5. The van der Waals surface area contributed by atoms with E-state index in [1.54, 1.807) is 6.92 Å². The molecule has 4 N–H and O–H groups in total. The Morgan fingerprint density at radius 3 is 2.35 bits per heavy atom. The molecular formula is C12H22N2O3. The number of carbonyl (C=O) groups excluding carboxylic acids is 1. The van der Waals surface area contributed by atoms with E-state index in [1.165, 1.54) is 0 Å². The summed E-state index contributed by atoms with van der Waals surface area (Å²) in [5.74, 6) is -0.752. The molecule has 1 saturated carbocycles. The van der Waals surface area contributed by atoms with Crippen molar-refractivity contribution in [2.45, 2.75) is 57.5 Å². The lowest BCUT2D eigenvalue weighted by atomic mass is 9.75. The van der Waals surface area contributed by atoms with Crippen LogP contribution in [-0.4, -0.2) is 28.6 Å². The van der Waals surface area contributed by atoms with Crippen molar-refractivity contribution in [1.29, 1.82) is 0 Å². The molecule has 0 spiro atoms. The molecule has 1 aliphatic rings. The Balaban J connectivity index is 2.72.